The first-order valence-electron chi connectivity index (χ1n) is 8.33. The van der Waals surface area contributed by atoms with Gasteiger partial charge in [-0.15, -0.1) is 0 Å². The standard InChI is InChI=1S/C18H31N3/c1-6-18(7-2)11-12-21(14-18)16-10-8-9-15(20-16)13-19-17(3,4)5/h8-10,19H,6-7,11-14H2,1-5H3. The van der Waals surface area contributed by atoms with E-state index in [9.17, 15) is 0 Å². The number of hydrogen-bond acceptors (Lipinski definition) is 3. The van der Waals surface area contributed by atoms with Crippen LogP contribution in [0.15, 0.2) is 18.2 Å². The van der Waals surface area contributed by atoms with Crippen LogP contribution in [-0.2, 0) is 6.54 Å². The highest BCUT2D eigenvalue weighted by molar-refractivity contribution is 5.41. The van der Waals surface area contributed by atoms with Gasteiger partial charge in [-0.3, -0.25) is 0 Å². The number of anilines is 1. The van der Waals surface area contributed by atoms with Crippen LogP contribution in [0.1, 0.15) is 59.6 Å². The van der Waals surface area contributed by atoms with E-state index in [1.807, 2.05) is 0 Å². The molecule has 0 radical (unpaired) electrons. The van der Waals surface area contributed by atoms with E-state index >= 15 is 0 Å². The van der Waals surface area contributed by atoms with E-state index < -0.39 is 0 Å². The predicted octanol–water partition coefficient (Wildman–Crippen LogP) is 3.99. The van der Waals surface area contributed by atoms with Crippen molar-refractivity contribution in [2.24, 2.45) is 5.41 Å². The summed E-state index contributed by atoms with van der Waals surface area (Å²) in [6, 6.07) is 6.41. The molecule has 3 heteroatoms. The fourth-order valence-electron chi connectivity index (χ4n) is 3.06. The molecule has 1 aliphatic rings. The van der Waals surface area contributed by atoms with E-state index in [1.54, 1.807) is 0 Å². The van der Waals surface area contributed by atoms with Crippen LogP contribution in [-0.4, -0.2) is 23.6 Å². The minimum absolute atomic E-state index is 0.130. The first kappa shape index (κ1) is 16.3. The molecule has 1 aliphatic heterocycles. The molecule has 0 saturated carbocycles. The molecule has 1 N–H and O–H groups in total. The minimum atomic E-state index is 0.130. The van der Waals surface area contributed by atoms with Gasteiger partial charge in [-0.1, -0.05) is 19.9 Å². The quantitative estimate of drug-likeness (QED) is 0.888. The highest BCUT2D eigenvalue weighted by Gasteiger charge is 2.35. The molecule has 118 valence electrons. The second-order valence-electron chi connectivity index (χ2n) is 7.47. The zero-order valence-electron chi connectivity index (χ0n) is 14.4. The summed E-state index contributed by atoms with van der Waals surface area (Å²) in [5, 5.41) is 3.51. The lowest BCUT2D eigenvalue weighted by Crippen LogP contribution is -2.35. The van der Waals surface area contributed by atoms with Gasteiger partial charge >= 0.3 is 0 Å². The highest BCUT2D eigenvalue weighted by atomic mass is 15.2. The third-order valence-corrected chi connectivity index (χ3v) is 4.85. The Labute approximate surface area is 130 Å². The van der Waals surface area contributed by atoms with Gasteiger partial charge in [0.05, 0.1) is 5.69 Å². The van der Waals surface area contributed by atoms with Gasteiger partial charge in [0.15, 0.2) is 0 Å². The van der Waals surface area contributed by atoms with Crippen molar-refractivity contribution < 1.29 is 0 Å². The van der Waals surface area contributed by atoms with Gasteiger partial charge in [-0.05, 0) is 57.6 Å². The van der Waals surface area contributed by atoms with E-state index in [0.717, 1.165) is 31.1 Å². The lowest BCUT2D eigenvalue weighted by atomic mass is 9.82. The van der Waals surface area contributed by atoms with Crippen LogP contribution >= 0.6 is 0 Å². The lowest BCUT2D eigenvalue weighted by Gasteiger charge is -2.27. The van der Waals surface area contributed by atoms with Crippen LogP contribution in [0.25, 0.3) is 0 Å². The van der Waals surface area contributed by atoms with E-state index in [1.165, 1.54) is 19.3 Å². The zero-order valence-corrected chi connectivity index (χ0v) is 14.4. The van der Waals surface area contributed by atoms with Gasteiger partial charge in [-0.2, -0.15) is 0 Å². The number of nitrogens with one attached hydrogen (secondary N) is 1. The Hall–Kier alpha value is -1.09. The third-order valence-electron chi connectivity index (χ3n) is 4.85. The van der Waals surface area contributed by atoms with Gasteiger partial charge in [-0.25, -0.2) is 4.98 Å². The predicted molar refractivity (Wildman–Crippen MR) is 90.7 cm³/mol. The molecule has 0 unspecified atom stereocenters. The number of aromatic nitrogens is 1. The first-order valence-corrected chi connectivity index (χ1v) is 8.33. The summed E-state index contributed by atoms with van der Waals surface area (Å²) < 4.78 is 0. The SMILES string of the molecule is CCC1(CC)CCN(c2cccc(CNC(C)(C)C)n2)C1. The Kier molecular flexibility index (Phi) is 4.92. The average Bonchev–Trinajstić information content (AvgIpc) is 2.90. The molecular formula is C18H31N3. The van der Waals surface area contributed by atoms with E-state index in [-0.39, 0.29) is 5.54 Å². The molecule has 3 nitrogen and oxygen atoms in total. The Balaban J connectivity index is 2.05. The Morgan fingerprint density at radius 2 is 1.95 bits per heavy atom. The largest absolute Gasteiger partial charge is 0.356 e. The Morgan fingerprint density at radius 1 is 1.24 bits per heavy atom. The smallest absolute Gasteiger partial charge is 0.128 e. The number of pyridine rings is 1. The molecule has 0 aromatic carbocycles. The van der Waals surface area contributed by atoms with Crippen LogP contribution in [0.4, 0.5) is 5.82 Å². The molecule has 21 heavy (non-hydrogen) atoms. The highest BCUT2D eigenvalue weighted by Crippen LogP contribution is 2.38. The van der Waals surface area contributed by atoms with Gasteiger partial charge in [0.2, 0.25) is 0 Å². The molecule has 0 spiro atoms. The maximum absolute atomic E-state index is 4.86. The van der Waals surface area contributed by atoms with Crippen LogP contribution in [0.2, 0.25) is 0 Å². The summed E-state index contributed by atoms with van der Waals surface area (Å²) in [6.45, 7) is 14.3. The molecule has 1 aromatic rings. The summed E-state index contributed by atoms with van der Waals surface area (Å²) in [7, 11) is 0. The fraction of sp³-hybridized carbons (Fsp3) is 0.722. The van der Waals surface area contributed by atoms with Crippen molar-refractivity contribution >= 4 is 5.82 Å². The molecule has 0 aliphatic carbocycles. The fourth-order valence-corrected chi connectivity index (χ4v) is 3.06. The average molecular weight is 289 g/mol. The van der Waals surface area contributed by atoms with Gasteiger partial charge in [0.25, 0.3) is 0 Å². The molecule has 1 fully saturated rings. The van der Waals surface area contributed by atoms with Crippen LogP contribution < -0.4 is 10.2 Å². The van der Waals surface area contributed by atoms with Gasteiger partial charge in [0.1, 0.15) is 5.82 Å². The van der Waals surface area contributed by atoms with Crippen molar-refractivity contribution in [3.8, 4) is 0 Å². The number of rotatable bonds is 5. The third kappa shape index (κ3) is 4.19. The Bertz CT molecular complexity index is 458. The molecule has 0 atom stereocenters. The van der Waals surface area contributed by atoms with Crippen molar-refractivity contribution in [3.63, 3.8) is 0 Å². The molecule has 0 bridgehead atoms. The van der Waals surface area contributed by atoms with Crippen molar-refractivity contribution in [1.29, 1.82) is 0 Å². The second-order valence-corrected chi connectivity index (χ2v) is 7.47. The Morgan fingerprint density at radius 3 is 2.52 bits per heavy atom. The monoisotopic (exact) mass is 289 g/mol. The summed E-state index contributed by atoms with van der Waals surface area (Å²) >= 11 is 0. The zero-order chi connectivity index (χ0) is 15.5. The van der Waals surface area contributed by atoms with Gasteiger partial charge in [0, 0.05) is 25.2 Å². The van der Waals surface area contributed by atoms with Crippen molar-refractivity contribution in [1.82, 2.24) is 10.3 Å². The minimum Gasteiger partial charge on any atom is -0.356 e. The summed E-state index contributed by atoms with van der Waals surface area (Å²) in [5.74, 6) is 1.15. The van der Waals surface area contributed by atoms with Crippen molar-refractivity contribution in [2.75, 3.05) is 18.0 Å². The maximum Gasteiger partial charge on any atom is 0.128 e. The van der Waals surface area contributed by atoms with Crippen molar-refractivity contribution in [3.05, 3.63) is 23.9 Å². The topological polar surface area (TPSA) is 28.2 Å². The van der Waals surface area contributed by atoms with E-state index in [4.69, 9.17) is 4.98 Å². The molecule has 2 heterocycles. The molecule has 1 saturated heterocycles. The normalized spacial score (nSPS) is 18.2. The van der Waals surface area contributed by atoms with Crippen LogP contribution in [0.3, 0.4) is 0 Å². The molecule has 2 rings (SSSR count). The van der Waals surface area contributed by atoms with Crippen molar-refractivity contribution in [2.45, 2.75) is 66.0 Å². The van der Waals surface area contributed by atoms with Crippen LogP contribution in [0.5, 0.6) is 0 Å². The maximum atomic E-state index is 4.86. The molecular weight excluding hydrogens is 258 g/mol. The number of hydrogen-bond donors (Lipinski definition) is 1. The molecule has 0 amide bonds. The second kappa shape index (κ2) is 6.35. The van der Waals surface area contributed by atoms with Gasteiger partial charge < -0.3 is 10.2 Å². The summed E-state index contributed by atoms with van der Waals surface area (Å²) in [5.41, 5.74) is 1.76. The van der Waals surface area contributed by atoms with E-state index in [0.29, 0.717) is 5.41 Å². The lowest BCUT2D eigenvalue weighted by molar-refractivity contribution is 0.301. The van der Waals surface area contributed by atoms with E-state index in [2.05, 4.69) is 63.0 Å². The first-order chi connectivity index (χ1) is 9.87. The molecule has 1 aromatic heterocycles. The summed E-state index contributed by atoms with van der Waals surface area (Å²) in [6.07, 6.45) is 3.84. The van der Waals surface area contributed by atoms with Crippen LogP contribution in [0, 0.1) is 5.41 Å². The summed E-state index contributed by atoms with van der Waals surface area (Å²) in [4.78, 5) is 7.32. The number of nitrogens with zero attached hydrogens (tertiary/aromatic N) is 2.